The van der Waals surface area contributed by atoms with Gasteiger partial charge in [0.2, 0.25) is 6.10 Å². The molecule has 144 valence electrons. The van der Waals surface area contributed by atoms with Crippen LogP contribution < -0.4 is 4.74 Å². The molecular weight excluding hydrogens is 356 g/mol. The van der Waals surface area contributed by atoms with Gasteiger partial charge in [0, 0.05) is 18.7 Å². The number of nitrogens with zero attached hydrogens (tertiary/aromatic N) is 2. The molecule has 1 atom stereocenters. The van der Waals surface area contributed by atoms with Crippen molar-refractivity contribution >= 4 is 11.9 Å². The predicted molar refractivity (Wildman–Crippen MR) is 102 cm³/mol. The average Bonchev–Trinajstić information content (AvgIpc) is 2.77. The number of nitriles is 1. The molecule has 0 spiro atoms. The van der Waals surface area contributed by atoms with Crippen molar-refractivity contribution in [1.29, 1.82) is 5.26 Å². The zero-order chi connectivity index (χ0) is 19.8. The van der Waals surface area contributed by atoms with Crippen molar-refractivity contribution in [2.45, 2.75) is 25.4 Å². The van der Waals surface area contributed by atoms with Gasteiger partial charge in [0.1, 0.15) is 5.75 Å². The molecular formula is C22H22N2O4. The smallest absolute Gasteiger partial charge is 0.345 e. The summed E-state index contributed by atoms with van der Waals surface area (Å²) < 4.78 is 10.9. The van der Waals surface area contributed by atoms with Crippen molar-refractivity contribution in [2.75, 3.05) is 19.7 Å². The lowest BCUT2D eigenvalue weighted by Gasteiger charge is -2.30. The molecule has 0 aromatic heterocycles. The monoisotopic (exact) mass is 378 g/mol. The lowest BCUT2D eigenvalue weighted by Crippen LogP contribution is -2.40. The summed E-state index contributed by atoms with van der Waals surface area (Å²) in [6.45, 7) is 1.05. The van der Waals surface area contributed by atoms with Gasteiger partial charge in [0.05, 0.1) is 11.6 Å². The highest BCUT2D eigenvalue weighted by Crippen LogP contribution is 2.23. The molecule has 0 bridgehead atoms. The van der Waals surface area contributed by atoms with Gasteiger partial charge in [-0.05, 0) is 43.5 Å². The minimum atomic E-state index is -0.976. The summed E-state index contributed by atoms with van der Waals surface area (Å²) >= 11 is 0. The van der Waals surface area contributed by atoms with Gasteiger partial charge in [-0.2, -0.15) is 5.26 Å². The number of rotatable bonds is 6. The van der Waals surface area contributed by atoms with E-state index < -0.39 is 12.1 Å². The van der Waals surface area contributed by atoms with E-state index in [1.807, 2.05) is 24.3 Å². The molecule has 0 unspecified atom stereocenters. The van der Waals surface area contributed by atoms with Crippen LogP contribution in [-0.2, 0) is 14.3 Å². The molecule has 0 aliphatic carbocycles. The highest BCUT2D eigenvalue weighted by molar-refractivity contribution is 5.85. The fourth-order valence-corrected chi connectivity index (χ4v) is 3.10. The number of amides is 1. The first-order chi connectivity index (χ1) is 13.7. The van der Waals surface area contributed by atoms with E-state index in [1.54, 1.807) is 41.3 Å². The summed E-state index contributed by atoms with van der Waals surface area (Å²) in [5.74, 6) is -0.365. The van der Waals surface area contributed by atoms with Crippen LogP contribution in [0.4, 0.5) is 0 Å². The van der Waals surface area contributed by atoms with E-state index in [0.29, 0.717) is 30.0 Å². The second kappa shape index (κ2) is 9.56. The Morgan fingerprint density at radius 2 is 1.68 bits per heavy atom. The first-order valence-electron chi connectivity index (χ1n) is 9.33. The van der Waals surface area contributed by atoms with Crippen LogP contribution in [-0.4, -0.2) is 36.5 Å². The van der Waals surface area contributed by atoms with Gasteiger partial charge >= 0.3 is 5.97 Å². The average molecular weight is 378 g/mol. The maximum Gasteiger partial charge on any atom is 0.345 e. The first kappa shape index (κ1) is 19.4. The Balaban J connectivity index is 1.65. The molecule has 6 heteroatoms. The molecule has 28 heavy (non-hydrogen) atoms. The van der Waals surface area contributed by atoms with Crippen LogP contribution >= 0.6 is 0 Å². The molecule has 0 N–H and O–H groups in total. The molecule has 0 saturated carbocycles. The Kier molecular flexibility index (Phi) is 6.64. The molecule has 1 amide bonds. The summed E-state index contributed by atoms with van der Waals surface area (Å²) in [5.41, 5.74) is 1.15. The Bertz CT molecular complexity index is 837. The topological polar surface area (TPSA) is 79.6 Å². The summed E-state index contributed by atoms with van der Waals surface area (Å²) in [6, 6.07) is 17.5. The summed E-state index contributed by atoms with van der Waals surface area (Å²) in [6.07, 6.45) is 2.06. The van der Waals surface area contributed by atoms with Crippen LogP contribution in [0, 0.1) is 11.3 Å². The van der Waals surface area contributed by atoms with Crippen LogP contribution in [0.5, 0.6) is 5.75 Å². The van der Waals surface area contributed by atoms with Gasteiger partial charge in [-0.3, -0.25) is 4.79 Å². The first-order valence-corrected chi connectivity index (χ1v) is 9.33. The summed E-state index contributed by atoms with van der Waals surface area (Å²) in [5, 5.41) is 8.81. The lowest BCUT2D eigenvalue weighted by atomic mass is 10.1. The maximum absolute atomic E-state index is 13.0. The minimum Gasteiger partial charge on any atom is -0.482 e. The molecule has 2 aromatic carbocycles. The number of hydrogen-bond donors (Lipinski definition) is 0. The molecule has 1 fully saturated rings. The third-order valence-electron chi connectivity index (χ3n) is 4.58. The fraction of sp³-hybridized carbons (Fsp3) is 0.318. The van der Waals surface area contributed by atoms with Crippen molar-refractivity contribution in [2.24, 2.45) is 0 Å². The number of piperidine rings is 1. The molecule has 3 rings (SSSR count). The highest BCUT2D eigenvalue weighted by atomic mass is 16.6. The zero-order valence-electron chi connectivity index (χ0n) is 15.5. The van der Waals surface area contributed by atoms with E-state index in [4.69, 9.17) is 14.7 Å². The molecule has 6 nitrogen and oxygen atoms in total. The summed E-state index contributed by atoms with van der Waals surface area (Å²) in [7, 11) is 0. The van der Waals surface area contributed by atoms with E-state index in [-0.39, 0.29) is 12.5 Å². The van der Waals surface area contributed by atoms with Gasteiger partial charge in [0.15, 0.2) is 6.61 Å². The number of benzene rings is 2. The quantitative estimate of drug-likeness (QED) is 0.721. The second-order valence-electron chi connectivity index (χ2n) is 6.59. The number of carbonyl (C=O) groups is 2. The van der Waals surface area contributed by atoms with Gasteiger partial charge in [-0.1, -0.05) is 30.3 Å². The lowest BCUT2D eigenvalue weighted by molar-refractivity contribution is -0.163. The van der Waals surface area contributed by atoms with E-state index in [9.17, 15) is 9.59 Å². The van der Waals surface area contributed by atoms with Crippen LogP contribution in [0.1, 0.15) is 36.5 Å². The molecule has 1 aliphatic rings. The van der Waals surface area contributed by atoms with Crippen molar-refractivity contribution in [1.82, 2.24) is 4.90 Å². The van der Waals surface area contributed by atoms with E-state index in [2.05, 4.69) is 0 Å². The summed E-state index contributed by atoms with van der Waals surface area (Å²) in [4.78, 5) is 27.1. The normalized spacial score (nSPS) is 14.6. The number of hydrogen-bond acceptors (Lipinski definition) is 5. The van der Waals surface area contributed by atoms with Crippen molar-refractivity contribution in [3.8, 4) is 11.8 Å². The van der Waals surface area contributed by atoms with E-state index in [1.165, 1.54) is 0 Å². The third-order valence-corrected chi connectivity index (χ3v) is 4.58. The van der Waals surface area contributed by atoms with Crippen LogP contribution in [0.15, 0.2) is 54.6 Å². The van der Waals surface area contributed by atoms with Crippen molar-refractivity contribution in [3.05, 3.63) is 65.7 Å². The molecule has 1 saturated heterocycles. The Morgan fingerprint density at radius 1 is 1.00 bits per heavy atom. The Hall–Kier alpha value is -3.33. The van der Waals surface area contributed by atoms with E-state index in [0.717, 1.165) is 19.3 Å². The van der Waals surface area contributed by atoms with Crippen LogP contribution in [0.2, 0.25) is 0 Å². The van der Waals surface area contributed by atoms with Gasteiger partial charge in [-0.25, -0.2) is 4.79 Å². The van der Waals surface area contributed by atoms with E-state index >= 15 is 0 Å². The van der Waals surface area contributed by atoms with Gasteiger partial charge < -0.3 is 14.4 Å². The number of esters is 1. The maximum atomic E-state index is 13.0. The minimum absolute atomic E-state index is 0.197. The number of ether oxygens (including phenoxy) is 2. The fourth-order valence-electron chi connectivity index (χ4n) is 3.10. The molecule has 1 aliphatic heterocycles. The molecule has 0 radical (unpaired) electrons. The second-order valence-corrected chi connectivity index (χ2v) is 6.59. The van der Waals surface area contributed by atoms with Crippen molar-refractivity contribution in [3.63, 3.8) is 0 Å². The Labute approximate surface area is 164 Å². The van der Waals surface area contributed by atoms with Gasteiger partial charge in [0.25, 0.3) is 5.91 Å². The van der Waals surface area contributed by atoms with Crippen LogP contribution in [0.3, 0.4) is 0 Å². The number of likely N-dealkylation sites (tertiary alicyclic amines) is 1. The van der Waals surface area contributed by atoms with Crippen molar-refractivity contribution < 1.29 is 19.1 Å². The highest BCUT2D eigenvalue weighted by Gasteiger charge is 2.30. The van der Waals surface area contributed by atoms with Crippen LogP contribution in [0.25, 0.3) is 0 Å². The SMILES string of the molecule is N#Cc1ccc(OCC(=O)O[C@@H](C(=O)N2CCCCC2)c2ccccc2)cc1. The third kappa shape index (κ3) is 5.10. The predicted octanol–water partition coefficient (Wildman–Crippen LogP) is 3.23. The zero-order valence-corrected chi connectivity index (χ0v) is 15.5. The largest absolute Gasteiger partial charge is 0.482 e. The molecule has 2 aromatic rings. The standard InChI is InChI=1S/C22H22N2O4/c23-15-17-9-11-19(12-10-17)27-16-20(25)28-21(18-7-3-1-4-8-18)22(26)24-13-5-2-6-14-24/h1,3-4,7-12,21H,2,5-6,13-14,16H2/t21-/m1/s1. The number of carbonyl (C=O) groups excluding carboxylic acids is 2. The Morgan fingerprint density at radius 3 is 2.32 bits per heavy atom. The van der Waals surface area contributed by atoms with Gasteiger partial charge in [-0.15, -0.1) is 0 Å². The molecule has 1 heterocycles.